The molecule has 9 heteroatoms. The van der Waals surface area contributed by atoms with Crippen molar-refractivity contribution in [3.05, 3.63) is 35.9 Å². The average Bonchev–Trinajstić information content (AvgIpc) is 3.24. The van der Waals surface area contributed by atoms with E-state index in [1.807, 2.05) is 30.3 Å². The summed E-state index contributed by atoms with van der Waals surface area (Å²) in [5, 5.41) is 0. The average molecular weight is 496 g/mol. The van der Waals surface area contributed by atoms with Crippen molar-refractivity contribution in [2.75, 3.05) is 35.5 Å². The topological polar surface area (TPSA) is 92.8 Å². The SMILES string of the molecule is COC(=O)C(C1CCC(CC(OC)(OC)c2ccccc2)N1C(=O)OC(C)(C)C)C(C)(OC)OC. The molecule has 3 atom stereocenters. The van der Waals surface area contributed by atoms with E-state index in [4.69, 9.17) is 28.4 Å². The first-order valence-electron chi connectivity index (χ1n) is 11.8. The van der Waals surface area contributed by atoms with Gasteiger partial charge in [-0.15, -0.1) is 0 Å². The lowest BCUT2D eigenvalue weighted by Crippen LogP contribution is -2.57. The van der Waals surface area contributed by atoms with Crippen LogP contribution in [-0.2, 0) is 39.0 Å². The summed E-state index contributed by atoms with van der Waals surface area (Å²) in [6, 6.07) is 8.59. The molecular weight excluding hydrogens is 454 g/mol. The summed E-state index contributed by atoms with van der Waals surface area (Å²) >= 11 is 0. The van der Waals surface area contributed by atoms with Gasteiger partial charge in [0.15, 0.2) is 11.6 Å². The molecule has 0 saturated carbocycles. The molecular formula is C26H41NO8. The van der Waals surface area contributed by atoms with E-state index in [0.717, 1.165) is 5.56 Å². The number of carbonyl (C=O) groups is 2. The Hall–Kier alpha value is -2.20. The van der Waals surface area contributed by atoms with E-state index in [9.17, 15) is 9.59 Å². The van der Waals surface area contributed by atoms with E-state index >= 15 is 0 Å². The number of carbonyl (C=O) groups excluding carboxylic acids is 2. The van der Waals surface area contributed by atoms with Crippen LogP contribution in [0.5, 0.6) is 0 Å². The third-order valence-corrected chi connectivity index (χ3v) is 6.74. The van der Waals surface area contributed by atoms with Gasteiger partial charge in [-0.2, -0.15) is 0 Å². The van der Waals surface area contributed by atoms with Gasteiger partial charge in [-0.1, -0.05) is 30.3 Å². The van der Waals surface area contributed by atoms with Crippen LogP contribution in [0.1, 0.15) is 52.5 Å². The highest BCUT2D eigenvalue weighted by molar-refractivity contribution is 5.77. The monoisotopic (exact) mass is 495 g/mol. The van der Waals surface area contributed by atoms with Gasteiger partial charge in [0.25, 0.3) is 0 Å². The standard InChI is InChI=1S/C26H41NO8/c1-24(2,3)35-23(29)27-19(17-26(33-8,34-9)18-13-11-10-12-14-18)15-16-20(27)21(22(28)30-5)25(4,31-6)32-7/h10-14,19-21H,15-17H2,1-9H3. The molecule has 1 aromatic carbocycles. The Morgan fingerprint density at radius 3 is 1.94 bits per heavy atom. The Labute approximate surface area is 208 Å². The molecule has 3 unspecified atom stereocenters. The molecule has 0 aromatic heterocycles. The van der Waals surface area contributed by atoms with Gasteiger partial charge in [0.05, 0.1) is 13.2 Å². The molecule has 1 fully saturated rings. The van der Waals surface area contributed by atoms with Crippen LogP contribution in [-0.4, -0.2) is 76.0 Å². The van der Waals surface area contributed by atoms with E-state index in [0.29, 0.717) is 19.3 Å². The number of benzene rings is 1. The highest BCUT2D eigenvalue weighted by atomic mass is 16.7. The van der Waals surface area contributed by atoms with Crippen molar-refractivity contribution < 1.29 is 38.0 Å². The maximum atomic E-state index is 13.6. The lowest BCUT2D eigenvalue weighted by molar-refractivity contribution is -0.242. The van der Waals surface area contributed by atoms with Gasteiger partial charge in [0, 0.05) is 46.5 Å². The van der Waals surface area contributed by atoms with Crippen LogP contribution in [0.15, 0.2) is 30.3 Å². The lowest BCUT2D eigenvalue weighted by atomic mass is 9.89. The minimum atomic E-state index is -1.33. The van der Waals surface area contributed by atoms with Crippen molar-refractivity contribution in [2.45, 2.75) is 76.2 Å². The predicted molar refractivity (Wildman–Crippen MR) is 130 cm³/mol. The van der Waals surface area contributed by atoms with Gasteiger partial charge in [0.1, 0.15) is 11.5 Å². The first kappa shape index (κ1) is 29.0. The van der Waals surface area contributed by atoms with Crippen molar-refractivity contribution >= 4 is 12.1 Å². The molecule has 0 aliphatic carbocycles. The fraction of sp³-hybridized carbons (Fsp3) is 0.692. The second-order valence-corrected chi connectivity index (χ2v) is 9.84. The van der Waals surface area contributed by atoms with Gasteiger partial charge >= 0.3 is 12.1 Å². The van der Waals surface area contributed by atoms with Crippen LogP contribution in [0.3, 0.4) is 0 Å². The van der Waals surface area contributed by atoms with Gasteiger partial charge in [-0.3, -0.25) is 4.79 Å². The summed E-state index contributed by atoms with van der Waals surface area (Å²) in [5.74, 6) is -3.89. The maximum Gasteiger partial charge on any atom is 0.410 e. The number of ether oxygens (including phenoxy) is 6. The smallest absolute Gasteiger partial charge is 0.410 e. The summed E-state index contributed by atoms with van der Waals surface area (Å²) in [7, 11) is 7.37. The van der Waals surface area contributed by atoms with Gasteiger partial charge in [0.2, 0.25) is 0 Å². The minimum Gasteiger partial charge on any atom is -0.469 e. The zero-order valence-corrected chi connectivity index (χ0v) is 22.5. The number of nitrogens with zero attached hydrogens (tertiary/aromatic N) is 1. The number of hydrogen-bond donors (Lipinski definition) is 0. The molecule has 35 heavy (non-hydrogen) atoms. The second kappa shape index (κ2) is 11.7. The first-order chi connectivity index (χ1) is 16.4. The number of methoxy groups -OCH3 is 5. The molecule has 1 saturated heterocycles. The molecule has 2 rings (SSSR count). The quantitative estimate of drug-likeness (QED) is 0.354. The number of hydrogen-bond acceptors (Lipinski definition) is 8. The summed E-state index contributed by atoms with van der Waals surface area (Å²) in [6.07, 6.45) is 0.874. The fourth-order valence-electron chi connectivity index (χ4n) is 4.83. The molecule has 198 valence electrons. The molecule has 1 aromatic rings. The highest BCUT2D eigenvalue weighted by Gasteiger charge is 2.55. The van der Waals surface area contributed by atoms with Crippen molar-refractivity contribution in [1.82, 2.24) is 4.90 Å². The van der Waals surface area contributed by atoms with E-state index in [-0.39, 0.29) is 6.04 Å². The fourth-order valence-corrected chi connectivity index (χ4v) is 4.83. The largest absolute Gasteiger partial charge is 0.469 e. The number of esters is 1. The maximum absolute atomic E-state index is 13.6. The predicted octanol–water partition coefficient (Wildman–Crippen LogP) is 4.09. The van der Waals surface area contributed by atoms with Crippen LogP contribution in [0.2, 0.25) is 0 Å². The molecule has 0 bridgehead atoms. The molecule has 9 nitrogen and oxygen atoms in total. The van der Waals surface area contributed by atoms with E-state index in [1.54, 1.807) is 46.8 Å². The van der Waals surface area contributed by atoms with Crippen LogP contribution < -0.4 is 0 Å². The minimum absolute atomic E-state index is 0.324. The molecule has 1 aliphatic rings. The van der Waals surface area contributed by atoms with E-state index < -0.39 is 41.2 Å². The molecule has 0 N–H and O–H groups in total. The Morgan fingerprint density at radius 2 is 1.49 bits per heavy atom. The summed E-state index contributed by atoms with van der Waals surface area (Å²) in [4.78, 5) is 28.2. The van der Waals surface area contributed by atoms with Crippen molar-refractivity contribution in [2.24, 2.45) is 5.92 Å². The normalized spacial score (nSPS) is 20.0. The Morgan fingerprint density at radius 1 is 0.914 bits per heavy atom. The molecule has 1 amide bonds. The zero-order valence-electron chi connectivity index (χ0n) is 22.5. The van der Waals surface area contributed by atoms with Crippen molar-refractivity contribution in [3.63, 3.8) is 0 Å². The van der Waals surface area contributed by atoms with Crippen molar-refractivity contribution in [1.29, 1.82) is 0 Å². The van der Waals surface area contributed by atoms with Crippen LogP contribution in [0, 0.1) is 5.92 Å². The van der Waals surface area contributed by atoms with Crippen molar-refractivity contribution in [3.8, 4) is 0 Å². The van der Waals surface area contributed by atoms with E-state index in [2.05, 4.69) is 0 Å². The number of likely N-dealkylation sites (tertiary alicyclic amines) is 1. The third-order valence-electron chi connectivity index (χ3n) is 6.74. The van der Waals surface area contributed by atoms with Gasteiger partial charge < -0.3 is 33.3 Å². The van der Waals surface area contributed by atoms with Gasteiger partial charge in [-0.05, 0) is 40.5 Å². The summed E-state index contributed by atoms with van der Waals surface area (Å²) < 4.78 is 33.9. The van der Waals surface area contributed by atoms with Gasteiger partial charge in [-0.25, -0.2) is 4.79 Å². The second-order valence-electron chi connectivity index (χ2n) is 9.84. The van der Waals surface area contributed by atoms with Crippen LogP contribution in [0.25, 0.3) is 0 Å². The molecule has 0 spiro atoms. The number of rotatable bonds is 10. The molecule has 1 aliphatic heterocycles. The van der Waals surface area contributed by atoms with E-state index in [1.165, 1.54) is 21.3 Å². The lowest BCUT2D eigenvalue weighted by Gasteiger charge is -2.42. The zero-order chi connectivity index (χ0) is 26.4. The first-order valence-corrected chi connectivity index (χ1v) is 11.8. The Kier molecular flexibility index (Phi) is 9.70. The molecule has 0 radical (unpaired) electrons. The van der Waals surface area contributed by atoms with Crippen LogP contribution >= 0.6 is 0 Å². The van der Waals surface area contributed by atoms with Crippen LogP contribution in [0.4, 0.5) is 4.79 Å². The summed E-state index contributed by atoms with van der Waals surface area (Å²) in [6.45, 7) is 7.06. The third kappa shape index (κ3) is 6.33. The summed E-state index contributed by atoms with van der Waals surface area (Å²) in [5.41, 5.74) is 0.0844. The Balaban J connectivity index is 2.56. The number of amides is 1. The highest BCUT2D eigenvalue weighted by Crippen LogP contribution is 2.42. The molecule has 1 heterocycles. The Bertz CT molecular complexity index is 830.